The van der Waals surface area contributed by atoms with Gasteiger partial charge in [0, 0.05) is 36.4 Å². The van der Waals surface area contributed by atoms with Gasteiger partial charge in [0.05, 0.1) is 5.56 Å². The molecule has 1 aromatic heterocycles. The van der Waals surface area contributed by atoms with Crippen LogP contribution in [0.4, 0.5) is 0 Å². The lowest BCUT2D eigenvalue weighted by molar-refractivity contribution is 0.0743. The molecular weight excluding hydrogens is 429 g/mol. The normalized spacial score (nSPS) is 15.7. The molecule has 1 atom stereocenters. The first-order valence-corrected chi connectivity index (χ1v) is 8.30. The Morgan fingerprint density at radius 2 is 2.12 bits per heavy atom. The largest absolute Gasteiger partial charge is 0.439 e. The first-order valence-electron chi connectivity index (χ1n) is 7.51. The summed E-state index contributed by atoms with van der Waals surface area (Å²) in [6.07, 6.45) is 2.55. The number of nitrogens with zero attached hydrogens (tertiary/aromatic N) is 2. The van der Waals surface area contributed by atoms with Gasteiger partial charge in [0.15, 0.2) is 0 Å². The summed E-state index contributed by atoms with van der Waals surface area (Å²) in [5, 5.41) is 3.27. The zero-order valence-corrected chi connectivity index (χ0v) is 16.9. The second kappa shape index (κ2) is 9.97. The predicted molar refractivity (Wildman–Crippen MR) is 106 cm³/mol. The monoisotopic (exact) mass is 447 g/mol. The van der Waals surface area contributed by atoms with Crippen molar-refractivity contribution in [3.05, 3.63) is 52.6 Å². The van der Waals surface area contributed by atoms with E-state index in [4.69, 9.17) is 4.74 Å². The maximum absolute atomic E-state index is 12.5. The first kappa shape index (κ1) is 21.7. The fraction of sp³-hybridized carbons (Fsp3) is 0.294. The molecule has 2 aromatic rings. The minimum Gasteiger partial charge on any atom is -0.439 e. The van der Waals surface area contributed by atoms with E-state index in [2.05, 4.69) is 26.2 Å². The van der Waals surface area contributed by atoms with Crippen LogP contribution >= 0.6 is 40.7 Å². The summed E-state index contributed by atoms with van der Waals surface area (Å²) in [5.41, 5.74) is 0.570. The maximum atomic E-state index is 12.5. The minimum absolute atomic E-state index is 0. The molecule has 0 spiro atoms. The van der Waals surface area contributed by atoms with E-state index in [0.29, 0.717) is 17.2 Å². The number of rotatable bonds is 4. The smallest absolute Gasteiger partial charge is 0.255 e. The molecule has 1 N–H and O–H groups in total. The van der Waals surface area contributed by atoms with Crippen LogP contribution in [-0.4, -0.2) is 42.0 Å². The van der Waals surface area contributed by atoms with Crippen LogP contribution in [0.2, 0.25) is 0 Å². The predicted octanol–water partition coefficient (Wildman–Crippen LogP) is 3.91. The van der Waals surface area contributed by atoms with Gasteiger partial charge >= 0.3 is 0 Å². The molecule has 1 unspecified atom stereocenters. The summed E-state index contributed by atoms with van der Waals surface area (Å²) < 4.78 is 6.62. The number of likely N-dealkylation sites (N-methyl/N-ethyl adjacent to an activating group) is 1. The van der Waals surface area contributed by atoms with Gasteiger partial charge in [-0.25, -0.2) is 4.98 Å². The first-order chi connectivity index (χ1) is 11.1. The molecular formula is C17H20BrCl2N3O2. The molecule has 8 heteroatoms. The highest BCUT2D eigenvalue weighted by Gasteiger charge is 2.24. The van der Waals surface area contributed by atoms with Crippen LogP contribution in [0.3, 0.4) is 0 Å². The Morgan fingerprint density at radius 1 is 1.32 bits per heavy atom. The molecule has 0 radical (unpaired) electrons. The molecule has 1 aliphatic heterocycles. The summed E-state index contributed by atoms with van der Waals surface area (Å²) in [4.78, 5) is 18.5. The molecule has 0 aliphatic carbocycles. The van der Waals surface area contributed by atoms with Gasteiger partial charge in [0.1, 0.15) is 5.75 Å². The SMILES string of the molecule is CN(C(=O)c1ccc(Oc2cccc(Br)c2)nc1)C1CCNC1.Cl.Cl. The van der Waals surface area contributed by atoms with Gasteiger partial charge in [-0.1, -0.05) is 22.0 Å². The summed E-state index contributed by atoms with van der Waals surface area (Å²) in [5.74, 6) is 1.14. The van der Waals surface area contributed by atoms with Crippen LogP contribution in [-0.2, 0) is 0 Å². The van der Waals surface area contributed by atoms with E-state index in [1.165, 1.54) is 0 Å². The van der Waals surface area contributed by atoms with E-state index in [-0.39, 0.29) is 36.8 Å². The highest BCUT2D eigenvalue weighted by molar-refractivity contribution is 9.10. The van der Waals surface area contributed by atoms with Gasteiger partial charge in [-0.2, -0.15) is 0 Å². The van der Waals surface area contributed by atoms with E-state index in [9.17, 15) is 4.79 Å². The zero-order valence-electron chi connectivity index (χ0n) is 13.6. The third-order valence-electron chi connectivity index (χ3n) is 3.90. The van der Waals surface area contributed by atoms with Crippen LogP contribution in [0.1, 0.15) is 16.8 Å². The number of aromatic nitrogens is 1. The van der Waals surface area contributed by atoms with Crippen molar-refractivity contribution in [2.75, 3.05) is 20.1 Å². The zero-order chi connectivity index (χ0) is 16.2. The number of pyridine rings is 1. The molecule has 0 saturated carbocycles. The van der Waals surface area contributed by atoms with Crippen molar-refractivity contribution in [1.82, 2.24) is 15.2 Å². The van der Waals surface area contributed by atoms with Crippen molar-refractivity contribution in [1.29, 1.82) is 0 Å². The molecule has 3 rings (SSSR count). The molecule has 1 amide bonds. The highest BCUT2D eigenvalue weighted by atomic mass is 79.9. The Morgan fingerprint density at radius 3 is 2.72 bits per heavy atom. The number of hydrogen-bond donors (Lipinski definition) is 1. The quantitative estimate of drug-likeness (QED) is 0.770. The number of carbonyl (C=O) groups is 1. The van der Waals surface area contributed by atoms with Crippen LogP contribution in [0.5, 0.6) is 11.6 Å². The summed E-state index contributed by atoms with van der Waals surface area (Å²) in [7, 11) is 1.84. The second-order valence-electron chi connectivity index (χ2n) is 5.51. The van der Waals surface area contributed by atoms with Crippen molar-refractivity contribution < 1.29 is 9.53 Å². The van der Waals surface area contributed by atoms with E-state index < -0.39 is 0 Å². The number of benzene rings is 1. The van der Waals surface area contributed by atoms with E-state index in [1.807, 2.05) is 31.3 Å². The van der Waals surface area contributed by atoms with Crippen molar-refractivity contribution in [3.63, 3.8) is 0 Å². The van der Waals surface area contributed by atoms with E-state index >= 15 is 0 Å². The summed E-state index contributed by atoms with van der Waals surface area (Å²) in [6, 6.07) is 11.3. The molecule has 1 fully saturated rings. The number of nitrogens with one attached hydrogen (secondary N) is 1. The topological polar surface area (TPSA) is 54.5 Å². The third kappa shape index (κ3) is 5.57. The van der Waals surface area contributed by atoms with Gasteiger partial charge in [0.25, 0.3) is 5.91 Å². The highest BCUT2D eigenvalue weighted by Crippen LogP contribution is 2.23. The minimum atomic E-state index is -0.0137. The second-order valence-corrected chi connectivity index (χ2v) is 6.42. The Bertz CT molecular complexity index is 695. The van der Waals surface area contributed by atoms with Gasteiger partial charge in [-0.15, -0.1) is 24.8 Å². The van der Waals surface area contributed by atoms with Gasteiger partial charge < -0.3 is 15.0 Å². The average molecular weight is 449 g/mol. The molecule has 1 aromatic carbocycles. The molecule has 136 valence electrons. The number of halogens is 3. The van der Waals surface area contributed by atoms with Crippen LogP contribution in [0, 0.1) is 0 Å². The Kier molecular flexibility index (Phi) is 8.65. The average Bonchev–Trinajstić information content (AvgIpc) is 3.09. The fourth-order valence-electron chi connectivity index (χ4n) is 2.56. The lowest BCUT2D eigenvalue weighted by atomic mass is 10.2. The standard InChI is InChI=1S/C17H18BrN3O2.2ClH/c1-21(14-7-8-19-11-14)17(22)12-5-6-16(20-10-12)23-15-4-2-3-13(18)9-15;;/h2-6,9-10,14,19H,7-8,11H2,1H3;2*1H. The Hall–Kier alpha value is -1.34. The molecule has 2 heterocycles. The third-order valence-corrected chi connectivity index (χ3v) is 4.40. The fourth-order valence-corrected chi connectivity index (χ4v) is 2.94. The van der Waals surface area contributed by atoms with Crippen molar-refractivity contribution in [2.45, 2.75) is 12.5 Å². The van der Waals surface area contributed by atoms with Crippen LogP contribution in [0.15, 0.2) is 47.1 Å². The van der Waals surface area contributed by atoms with Crippen molar-refractivity contribution >= 4 is 46.7 Å². The number of amides is 1. The molecule has 0 bridgehead atoms. The maximum Gasteiger partial charge on any atom is 0.255 e. The number of carbonyl (C=O) groups excluding carboxylic acids is 1. The Labute approximate surface area is 168 Å². The Balaban J connectivity index is 0.00000156. The van der Waals surface area contributed by atoms with Crippen molar-refractivity contribution in [3.8, 4) is 11.6 Å². The van der Waals surface area contributed by atoms with Crippen LogP contribution in [0.25, 0.3) is 0 Å². The molecule has 1 saturated heterocycles. The van der Waals surface area contributed by atoms with E-state index in [0.717, 1.165) is 24.0 Å². The molecule has 5 nitrogen and oxygen atoms in total. The van der Waals surface area contributed by atoms with Gasteiger partial charge in [-0.3, -0.25) is 4.79 Å². The molecule has 25 heavy (non-hydrogen) atoms. The molecule has 1 aliphatic rings. The summed E-state index contributed by atoms with van der Waals surface area (Å²) in [6.45, 7) is 1.81. The van der Waals surface area contributed by atoms with Crippen molar-refractivity contribution in [2.24, 2.45) is 0 Å². The number of hydrogen-bond acceptors (Lipinski definition) is 4. The lowest BCUT2D eigenvalue weighted by Crippen LogP contribution is -2.38. The van der Waals surface area contributed by atoms with Gasteiger partial charge in [-0.05, 0) is 37.2 Å². The summed E-state index contributed by atoms with van der Waals surface area (Å²) >= 11 is 3.40. The number of ether oxygens (including phenoxy) is 1. The van der Waals surface area contributed by atoms with Gasteiger partial charge in [0.2, 0.25) is 5.88 Å². The van der Waals surface area contributed by atoms with Crippen LogP contribution < -0.4 is 10.1 Å². The van der Waals surface area contributed by atoms with E-state index in [1.54, 1.807) is 23.2 Å². The lowest BCUT2D eigenvalue weighted by Gasteiger charge is -2.23.